The maximum atomic E-state index is 13.6. The lowest BCUT2D eigenvalue weighted by Gasteiger charge is -2.32. The Morgan fingerprint density at radius 2 is 1.23 bits per heavy atom. The van der Waals surface area contributed by atoms with Gasteiger partial charge in [-0.25, -0.2) is 13.4 Å². The Morgan fingerprint density at radius 1 is 0.693 bits per heavy atom. The number of carboxylic acids is 4. The monoisotopic (exact) mass is 1070 g/mol. The van der Waals surface area contributed by atoms with Crippen LogP contribution in [0.5, 0.6) is 5.75 Å². The van der Waals surface area contributed by atoms with Crippen LogP contribution in [-0.2, 0) is 58.1 Å². The van der Waals surface area contributed by atoms with Crippen LogP contribution < -0.4 is 30.7 Å². The molecule has 2 aliphatic rings. The molecular weight excluding hydrogens is 997 g/mol. The van der Waals surface area contributed by atoms with Crippen LogP contribution >= 0.6 is 0 Å². The number of nitrogens with one attached hydrogen (secondary N) is 5. The molecule has 25 heteroatoms. The van der Waals surface area contributed by atoms with Gasteiger partial charge in [0.2, 0.25) is 21.8 Å². The summed E-state index contributed by atoms with van der Waals surface area (Å²) < 4.78 is 35.2. The molecule has 9 N–H and O–H groups in total. The highest BCUT2D eigenvalue weighted by Crippen LogP contribution is 2.26. The third kappa shape index (κ3) is 20.5. The Balaban J connectivity index is 1.02. The molecule has 0 saturated carbocycles. The van der Waals surface area contributed by atoms with Gasteiger partial charge < -0.3 is 46.4 Å². The topological polar surface area (TPSA) is 330 Å². The number of hydrogen-bond acceptors (Lipinski definition) is 16. The van der Waals surface area contributed by atoms with Crippen LogP contribution in [0.4, 0.5) is 5.82 Å². The van der Waals surface area contributed by atoms with Crippen LogP contribution in [-0.4, -0.2) is 212 Å². The number of ether oxygens (including phenoxy) is 1. The zero-order valence-electron chi connectivity index (χ0n) is 42.5. The van der Waals surface area contributed by atoms with Gasteiger partial charge >= 0.3 is 23.9 Å². The molecule has 24 nitrogen and oxygen atoms in total. The van der Waals surface area contributed by atoms with Crippen molar-refractivity contribution in [3.05, 3.63) is 82.0 Å². The van der Waals surface area contributed by atoms with Crippen LogP contribution in [0.1, 0.15) is 57.6 Å². The molecule has 2 aliphatic heterocycles. The molecule has 3 aromatic rings. The first-order chi connectivity index (χ1) is 35.7. The maximum Gasteiger partial charge on any atom is 0.323 e. The highest BCUT2D eigenvalue weighted by atomic mass is 32.2. The number of benzene rings is 2. The number of hydrogen-bond donors (Lipinski definition) is 9. The number of anilines is 1. The predicted octanol–water partition coefficient (Wildman–Crippen LogP) is -0.130. The van der Waals surface area contributed by atoms with E-state index in [0.717, 1.165) is 36.5 Å². The highest BCUT2D eigenvalue weighted by molar-refractivity contribution is 7.89. The number of fused-ring (bicyclic) bond motifs is 1. The average Bonchev–Trinajstić information content (AvgIpc) is 3.34. The van der Waals surface area contributed by atoms with Crippen molar-refractivity contribution in [3.63, 3.8) is 0 Å². The lowest BCUT2D eigenvalue weighted by atomic mass is 10.0. The van der Waals surface area contributed by atoms with Crippen molar-refractivity contribution >= 4 is 57.4 Å². The van der Waals surface area contributed by atoms with E-state index in [1.54, 1.807) is 31.7 Å². The van der Waals surface area contributed by atoms with Gasteiger partial charge in [-0.2, -0.15) is 4.72 Å². The first kappa shape index (κ1) is 59.1. The van der Waals surface area contributed by atoms with Gasteiger partial charge in [-0.1, -0.05) is 18.2 Å². The molecule has 2 aromatic carbocycles. The molecule has 3 amide bonds. The second kappa shape index (κ2) is 29.4. The molecule has 0 bridgehead atoms. The van der Waals surface area contributed by atoms with Gasteiger partial charge in [-0.3, -0.25) is 53.2 Å². The fourth-order valence-corrected chi connectivity index (χ4v) is 10.3. The van der Waals surface area contributed by atoms with Crippen molar-refractivity contribution in [2.45, 2.75) is 63.3 Å². The standard InChI is InChI=1S/C50H70N10O14S/c1-34-27-40(28-35(2)47(34)75(72,73)56-41(50(70)71)29-54-49(69)38-10-7-36(8-11-38)9-13-39-14-12-37-5-3-15-53-48(37)55-39)74-26-4-6-42(61)51-16-17-52-43(62)30-57-18-20-58(31-44(63)64)22-24-60(33-46(67)68)25-23-59(21-19-57)32-45(65)66/h7-8,10-12,14,27-28,41,56H,3-6,9,13,15-26,29-33H2,1-2H3,(H,51,61)(H,52,62)(H,53,55)(H,54,69)(H,63,64)(H,65,66)(H,67,68)(H,70,71)/t41-/m1/s1. The first-order valence-corrected chi connectivity index (χ1v) is 26.4. The summed E-state index contributed by atoms with van der Waals surface area (Å²) in [6.45, 7) is 4.91. The van der Waals surface area contributed by atoms with E-state index in [0.29, 0.717) is 25.0 Å². The molecule has 0 unspecified atom stereocenters. The van der Waals surface area contributed by atoms with Gasteiger partial charge in [-0.05, 0) is 98.5 Å². The summed E-state index contributed by atoms with van der Waals surface area (Å²) in [7, 11) is -4.40. The third-order valence-corrected chi connectivity index (χ3v) is 14.3. The number of amides is 3. The second-order valence-corrected chi connectivity index (χ2v) is 20.2. The van der Waals surface area contributed by atoms with Crippen LogP contribution in [0.3, 0.4) is 0 Å². The normalized spacial score (nSPS) is 15.7. The van der Waals surface area contributed by atoms with Crippen molar-refractivity contribution in [3.8, 4) is 5.75 Å². The molecule has 0 aliphatic carbocycles. The summed E-state index contributed by atoms with van der Waals surface area (Å²) in [5, 5.41) is 49.5. The predicted molar refractivity (Wildman–Crippen MR) is 274 cm³/mol. The van der Waals surface area contributed by atoms with Crippen LogP contribution in [0.25, 0.3) is 0 Å². The number of nitrogens with zero attached hydrogens (tertiary/aromatic N) is 5. The van der Waals surface area contributed by atoms with Gasteiger partial charge in [0.05, 0.1) is 37.7 Å². The van der Waals surface area contributed by atoms with Gasteiger partial charge in [-0.15, -0.1) is 0 Å². The Hall–Kier alpha value is -6.77. The van der Waals surface area contributed by atoms with Gasteiger partial charge in [0, 0.05) is 96.2 Å². The lowest BCUT2D eigenvalue weighted by Crippen LogP contribution is -2.50. The average molecular weight is 1070 g/mol. The summed E-state index contributed by atoms with van der Waals surface area (Å²) in [5.74, 6) is -4.64. The zero-order chi connectivity index (χ0) is 54.5. The Morgan fingerprint density at radius 3 is 1.76 bits per heavy atom. The Bertz CT molecular complexity index is 2530. The summed E-state index contributed by atoms with van der Waals surface area (Å²) in [6.07, 6.45) is 3.87. The minimum Gasteiger partial charge on any atom is -0.494 e. The molecule has 3 heterocycles. The number of carbonyl (C=O) groups excluding carboxylic acids is 3. The number of aryl methyl sites for hydroxylation is 5. The minimum absolute atomic E-state index is 0.0751. The largest absolute Gasteiger partial charge is 0.494 e. The molecule has 75 heavy (non-hydrogen) atoms. The molecule has 1 fully saturated rings. The number of sulfonamides is 1. The number of carboxylic acid groups (broad SMARTS) is 4. The molecular formula is C50H70N10O14S. The number of pyridine rings is 1. The Labute approximate surface area is 436 Å². The van der Waals surface area contributed by atoms with E-state index >= 15 is 0 Å². The fraction of sp³-hybridized carbons (Fsp3) is 0.520. The van der Waals surface area contributed by atoms with Crippen molar-refractivity contribution < 1.29 is 67.1 Å². The van der Waals surface area contributed by atoms with E-state index in [-0.39, 0.29) is 138 Å². The molecule has 0 radical (unpaired) electrons. The molecule has 1 aromatic heterocycles. The SMILES string of the molecule is Cc1cc(OCCCC(=O)NCCNC(=O)CN2CCN(CC(=O)O)CCN(CC(=O)O)CCN(CC(=O)O)CC2)cc(C)c1S(=O)(=O)N[C@H](CNC(=O)c1ccc(CCc2ccc3c(n2)NCCC3)cc1)C(=O)O. The summed E-state index contributed by atoms with van der Waals surface area (Å²) >= 11 is 0. The minimum atomic E-state index is -4.40. The van der Waals surface area contributed by atoms with E-state index in [1.165, 1.54) is 31.5 Å². The van der Waals surface area contributed by atoms with Gasteiger partial charge in [0.25, 0.3) is 5.91 Å². The summed E-state index contributed by atoms with van der Waals surface area (Å²) in [6, 6.07) is 12.3. The number of aromatic nitrogens is 1. The van der Waals surface area contributed by atoms with E-state index in [4.69, 9.17) is 9.72 Å². The van der Waals surface area contributed by atoms with Gasteiger partial charge in [0.15, 0.2) is 0 Å². The molecule has 0 spiro atoms. The molecule has 1 atom stereocenters. The summed E-state index contributed by atoms with van der Waals surface area (Å²) in [4.78, 5) is 96.7. The molecule has 1 saturated heterocycles. The zero-order valence-corrected chi connectivity index (χ0v) is 43.3. The lowest BCUT2D eigenvalue weighted by molar-refractivity contribution is -0.140. The van der Waals surface area contributed by atoms with Crippen molar-refractivity contribution in [2.75, 3.05) is 117 Å². The number of aliphatic carboxylic acids is 4. The van der Waals surface area contributed by atoms with E-state index in [9.17, 15) is 62.4 Å². The van der Waals surface area contributed by atoms with Crippen LogP contribution in [0.2, 0.25) is 0 Å². The van der Waals surface area contributed by atoms with Crippen molar-refractivity contribution in [1.29, 1.82) is 0 Å². The maximum absolute atomic E-state index is 13.6. The van der Waals surface area contributed by atoms with E-state index in [1.807, 2.05) is 18.2 Å². The summed E-state index contributed by atoms with van der Waals surface area (Å²) in [5.41, 5.74) is 3.99. The smallest absolute Gasteiger partial charge is 0.323 e. The second-order valence-electron chi connectivity index (χ2n) is 18.6. The van der Waals surface area contributed by atoms with Crippen molar-refractivity contribution in [1.82, 2.24) is 45.3 Å². The quantitative estimate of drug-likeness (QED) is 0.0473. The fourth-order valence-electron chi connectivity index (χ4n) is 8.70. The van der Waals surface area contributed by atoms with E-state index < -0.39 is 52.4 Å². The highest BCUT2D eigenvalue weighted by Gasteiger charge is 2.29. The number of carbonyl (C=O) groups is 7. The Kier molecular flexibility index (Phi) is 23.1. The third-order valence-electron chi connectivity index (χ3n) is 12.6. The van der Waals surface area contributed by atoms with Gasteiger partial charge in [0.1, 0.15) is 17.6 Å². The molecule has 410 valence electrons. The van der Waals surface area contributed by atoms with E-state index in [2.05, 4.69) is 32.1 Å². The van der Waals surface area contributed by atoms with Crippen LogP contribution in [0, 0.1) is 13.8 Å². The van der Waals surface area contributed by atoms with Crippen molar-refractivity contribution in [2.24, 2.45) is 0 Å². The molecule has 5 rings (SSSR count). The van der Waals surface area contributed by atoms with Crippen LogP contribution in [0.15, 0.2) is 53.4 Å². The first-order valence-electron chi connectivity index (χ1n) is 24.9. The number of rotatable bonds is 26.